The zero-order valence-corrected chi connectivity index (χ0v) is 14.6. The molecule has 2 fully saturated rings. The number of benzene rings is 1. The van der Waals surface area contributed by atoms with Crippen molar-refractivity contribution >= 4 is 29.1 Å². The Kier molecular flexibility index (Phi) is 5.48. The number of imide groups is 1. The van der Waals surface area contributed by atoms with Crippen molar-refractivity contribution in [1.82, 2.24) is 5.32 Å². The molecule has 0 radical (unpaired) electrons. The summed E-state index contributed by atoms with van der Waals surface area (Å²) in [4.78, 5) is 37.4. The Morgan fingerprint density at radius 1 is 1.04 bits per heavy atom. The van der Waals surface area contributed by atoms with Gasteiger partial charge in [0.15, 0.2) is 0 Å². The first-order valence-electron chi connectivity index (χ1n) is 9.05. The minimum Gasteiger partial charge on any atom is -0.326 e. The number of hydrogen-bond acceptors (Lipinski definition) is 4. The third-order valence-electron chi connectivity index (χ3n) is 4.88. The van der Waals surface area contributed by atoms with Crippen LogP contribution >= 0.6 is 0 Å². The Morgan fingerprint density at radius 3 is 2.28 bits per heavy atom. The van der Waals surface area contributed by atoms with Crippen LogP contribution in [0.25, 0.3) is 0 Å². The van der Waals surface area contributed by atoms with Gasteiger partial charge in [0, 0.05) is 18.7 Å². The number of nitrogens with one attached hydrogen (secondary N) is 2. The lowest BCUT2D eigenvalue weighted by molar-refractivity contribution is -0.122. The standard InChI is InChI=1S/C19H25N3O3/c1-13(23)20-15-8-10-16(11-9-15)22-18(24)12-17(19(22)25)21-14-6-4-2-3-5-7-14/h8-11,14,17,21H,2-7,12H2,1H3,(H,20,23)/t17-/m0/s1. The van der Waals surface area contributed by atoms with Gasteiger partial charge < -0.3 is 10.6 Å². The first-order chi connectivity index (χ1) is 12.0. The molecule has 6 nitrogen and oxygen atoms in total. The van der Waals surface area contributed by atoms with Crippen LogP contribution in [0.4, 0.5) is 11.4 Å². The SMILES string of the molecule is CC(=O)Nc1ccc(N2C(=O)C[C@H](NC3CCCCCC3)C2=O)cc1. The van der Waals surface area contributed by atoms with Crippen LogP contribution < -0.4 is 15.5 Å². The van der Waals surface area contributed by atoms with E-state index in [4.69, 9.17) is 0 Å². The normalized spacial score (nSPS) is 22.1. The maximum Gasteiger partial charge on any atom is 0.251 e. The highest BCUT2D eigenvalue weighted by Gasteiger charge is 2.40. The average molecular weight is 343 g/mol. The summed E-state index contributed by atoms with van der Waals surface area (Å²) in [7, 11) is 0. The van der Waals surface area contributed by atoms with Gasteiger partial charge in [0.2, 0.25) is 11.8 Å². The average Bonchev–Trinajstić information content (AvgIpc) is 2.75. The summed E-state index contributed by atoms with van der Waals surface area (Å²) in [6.45, 7) is 1.44. The quantitative estimate of drug-likeness (QED) is 0.651. The molecule has 25 heavy (non-hydrogen) atoms. The summed E-state index contributed by atoms with van der Waals surface area (Å²) in [6, 6.07) is 6.67. The topological polar surface area (TPSA) is 78.5 Å². The van der Waals surface area contributed by atoms with E-state index >= 15 is 0 Å². The predicted molar refractivity (Wildman–Crippen MR) is 96.3 cm³/mol. The van der Waals surface area contributed by atoms with Crippen molar-refractivity contribution in [3.8, 4) is 0 Å². The Labute approximate surface area is 148 Å². The van der Waals surface area contributed by atoms with E-state index in [-0.39, 0.29) is 24.1 Å². The van der Waals surface area contributed by atoms with Crippen LogP contribution in [0.5, 0.6) is 0 Å². The maximum atomic E-state index is 12.7. The molecule has 3 rings (SSSR count). The fraction of sp³-hybridized carbons (Fsp3) is 0.526. The first kappa shape index (κ1) is 17.6. The molecule has 0 unspecified atom stereocenters. The van der Waals surface area contributed by atoms with Crippen molar-refractivity contribution in [3.63, 3.8) is 0 Å². The third-order valence-corrected chi connectivity index (χ3v) is 4.88. The number of rotatable bonds is 4. The molecule has 1 aliphatic heterocycles. The van der Waals surface area contributed by atoms with E-state index in [0.717, 1.165) is 12.8 Å². The van der Waals surface area contributed by atoms with Gasteiger partial charge in [-0.2, -0.15) is 0 Å². The Morgan fingerprint density at radius 2 is 1.68 bits per heavy atom. The smallest absolute Gasteiger partial charge is 0.251 e. The van der Waals surface area contributed by atoms with Crippen LogP contribution in [0.3, 0.4) is 0 Å². The van der Waals surface area contributed by atoms with Crippen molar-refractivity contribution in [2.24, 2.45) is 0 Å². The van der Waals surface area contributed by atoms with E-state index in [2.05, 4.69) is 10.6 Å². The lowest BCUT2D eigenvalue weighted by Crippen LogP contribution is -2.43. The lowest BCUT2D eigenvalue weighted by atomic mass is 10.1. The fourth-order valence-corrected chi connectivity index (χ4v) is 3.66. The van der Waals surface area contributed by atoms with Gasteiger partial charge in [-0.3, -0.25) is 14.4 Å². The summed E-state index contributed by atoms with van der Waals surface area (Å²) in [5.74, 6) is -0.515. The molecule has 3 amide bonds. The monoisotopic (exact) mass is 343 g/mol. The summed E-state index contributed by atoms with van der Waals surface area (Å²) in [6.07, 6.45) is 7.22. The molecular formula is C19H25N3O3. The molecule has 1 saturated carbocycles. The molecule has 0 spiro atoms. The van der Waals surface area contributed by atoms with Crippen molar-refractivity contribution < 1.29 is 14.4 Å². The van der Waals surface area contributed by atoms with E-state index in [1.807, 2.05) is 0 Å². The zero-order valence-electron chi connectivity index (χ0n) is 14.6. The largest absolute Gasteiger partial charge is 0.326 e. The third kappa shape index (κ3) is 4.25. The van der Waals surface area contributed by atoms with Gasteiger partial charge in [0.1, 0.15) is 0 Å². The minimum absolute atomic E-state index is 0.159. The van der Waals surface area contributed by atoms with E-state index in [1.54, 1.807) is 24.3 Å². The van der Waals surface area contributed by atoms with Gasteiger partial charge in [-0.05, 0) is 37.1 Å². The molecule has 1 aromatic rings. The lowest BCUT2D eigenvalue weighted by Gasteiger charge is -2.21. The molecule has 134 valence electrons. The number of hydrogen-bond donors (Lipinski definition) is 2. The maximum absolute atomic E-state index is 12.7. The highest BCUT2D eigenvalue weighted by Crippen LogP contribution is 2.26. The molecular weight excluding hydrogens is 318 g/mol. The van der Waals surface area contributed by atoms with Crippen molar-refractivity contribution in [1.29, 1.82) is 0 Å². The highest BCUT2D eigenvalue weighted by molar-refractivity contribution is 6.22. The Hall–Kier alpha value is -2.21. The van der Waals surface area contributed by atoms with Gasteiger partial charge in [-0.15, -0.1) is 0 Å². The van der Waals surface area contributed by atoms with Crippen molar-refractivity contribution in [3.05, 3.63) is 24.3 Å². The predicted octanol–water partition coefficient (Wildman–Crippen LogP) is 2.59. The van der Waals surface area contributed by atoms with Gasteiger partial charge in [0.05, 0.1) is 18.2 Å². The molecule has 1 atom stereocenters. The van der Waals surface area contributed by atoms with Crippen LogP contribution in [0, 0.1) is 0 Å². The Balaban J connectivity index is 1.67. The number of nitrogens with zero attached hydrogens (tertiary/aromatic N) is 1. The van der Waals surface area contributed by atoms with Crippen molar-refractivity contribution in [2.75, 3.05) is 10.2 Å². The van der Waals surface area contributed by atoms with Crippen LogP contribution in [0.15, 0.2) is 24.3 Å². The summed E-state index contributed by atoms with van der Waals surface area (Å²) in [5.41, 5.74) is 1.19. The molecule has 0 bridgehead atoms. The number of carbonyl (C=O) groups excluding carboxylic acids is 3. The van der Waals surface area contributed by atoms with E-state index in [9.17, 15) is 14.4 Å². The molecule has 1 saturated heterocycles. The molecule has 2 aliphatic rings. The van der Waals surface area contributed by atoms with Crippen LogP contribution in [-0.4, -0.2) is 29.8 Å². The highest BCUT2D eigenvalue weighted by atomic mass is 16.2. The number of anilines is 2. The van der Waals surface area contributed by atoms with E-state index in [1.165, 1.54) is 37.5 Å². The molecule has 1 heterocycles. The minimum atomic E-state index is -0.425. The molecule has 6 heteroatoms. The molecule has 2 N–H and O–H groups in total. The first-order valence-corrected chi connectivity index (χ1v) is 9.05. The Bertz CT molecular complexity index is 648. The number of carbonyl (C=O) groups is 3. The molecule has 1 aromatic carbocycles. The number of amides is 3. The van der Waals surface area contributed by atoms with Crippen LogP contribution in [0.2, 0.25) is 0 Å². The molecule has 1 aliphatic carbocycles. The summed E-state index contributed by atoms with van der Waals surface area (Å²) in [5, 5.41) is 6.08. The second-order valence-corrected chi connectivity index (χ2v) is 6.91. The van der Waals surface area contributed by atoms with E-state index < -0.39 is 6.04 Å². The van der Waals surface area contributed by atoms with E-state index in [0.29, 0.717) is 17.4 Å². The van der Waals surface area contributed by atoms with Crippen molar-refractivity contribution in [2.45, 2.75) is 64.0 Å². The summed E-state index contributed by atoms with van der Waals surface area (Å²) >= 11 is 0. The summed E-state index contributed by atoms with van der Waals surface area (Å²) < 4.78 is 0. The fourth-order valence-electron chi connectivity index (χ4n) is 3.66. The van der Waals surface area contributed by atoms with Gasteiger partial charge in [0.25, 0.3) is 5.91 Å². The van der Waals surface area contributed by atoms with Crippen LogP contribution in [-0.2, 0) is 14.4 Å². The van der Waals surface area contributed by atoms with Gasteiger partial charge in [-0.1, -0.05) is 25.7 Å². The van der Waals surface area contributed by atoms with Gasteiger partial charge >= 0.3 is 0 Å². The second-order valence-electron chi connectivity index (χ2n) is 6.91. The van der Waals surface area contributed by atoms with Gasteiger partial charge in [-0.25, -0.2) is 4.90 Å². The van der Waals surface area contributed by atoms with Crippen LogP contribution in [0.1, 0.15) is 51.9 Å². The zero-order chi connectivity index (χ0) is 17.8. The molecule has 0 aromatic heterocycles. The second kappa shape index (κ2) is 7.78.